The van der Waals surface area contributed by atoms with Crippen LogP contribution in [0.5, 0.6) is 11.5 Å². The summed E-state index contributed by atoms with van der Waals surface area (Å²) in [5, 5.41) is 3.16. The second-order valence-corrected chi connectivity index (χ2v) is 8.14. The summed E-state index contributed by atoms with van der Waals surface area (Å²) in [6, 6.07) is 9.68. The molecule has 2 aromatic carbocycles. The maximum Gasteiger partial charge on any atom is 0.245 e. The van der Waals surface area contributed by atoms with Crippen molar-refractivity contribution in [1.82, 2.24) is 0 Å². The molecule has 1 amide bonds. The number of nitrogens with one attached hydrogen (secondary N) is 1. The molecule has 27 heavy (non-hydrogen) atoms. The fourth-order valence-electron chi connectivity index (χ4n) is 2.38. The number of carbonyl (C=O) groups is 1. The molecule has 0 radical (unpaired) electrons. The molecule has 0 aliphatic carbocycles. The number of sulfonamides is 1. The lowest BCUT2D eigenvalue weighted by atomic mass is 10.2. The Hall–Kier alpha value is -2.45. The third kappa shape index (κ3) is 5.27. The van der Waals surface area contributed by atoms with Gasteiger partial charge < -0.3 is 14.8 Å². The molecule has 0 saturated heterocycles. The molecule has 146 valence electrons. The lowest BCUT2D eigenvalue weighted by molar-refractivity contribution is -0.114. The quantitative estimate of drug-likeness (QED) is 0.755. The Morgan fingerprint density at radius 3 is 2.33 bits per heavy atom. The minimum atomic E-state index is -3.71. The van der Waals surface area contributed by atoms with Crippen molar-refractivity contribution in [2.45, 2.75) is 6.92 Å². The molecule has 0 unspecified atom stereocenters. The normalized spacial score (nSPS) is 11.0. The summed E-state index contributed by atoms with van der Waals surface area (Å²) in [6.45, 7) is 1.44. The molecular weight excluding hydrogens is 392 g/mol. The molecule has 0 atom stereocenters. The number of amides is 1. The summed E-state index contributed by atoms with van der Waals surface area (Å²) in [5.41, 5.74) is 1.64. The first-order valence-electron chi connectivity index (χ1n) is 7.91. The van der Waals surface area contributed by atoms with E-state index in [1.165, 1.54) is 20.3 Å². The molecule has 0 heterocycles. The number of hydrogen-bond donors (Lipinski definition) is 1. The molecule has 0 saturated carbocycles. The zero-order valence-electron chi connectivity index (χ0n) is 15.4. The number of carbonyl (C=O) groups excluding carboxylic acids is 1. The molecule has 0 aromatic heterocycles. The SMILES string of the molecule is COc1ccc(N(CC(=O)Nc2ccc(C)c(Cl)c2)S(C)(=O)=O)cc1OC. The van der Waals surface area contributed by atoms with Crippen LogP contribution >= 0.6 is 11.6 Å². The predicted octanol–water partition coefficient (Wildman–Crippen LogP) is 3.07. The Bertz CT molecular complexity index is 947. The number of aryl methyl sites for hydroxylation is 1. The van der Waals surface area contributed by atoms with Crippen LogP contribution in [-0.2, 0) is 14.8 Å². The number of anilines is 2. The van der Waals surface area contributed by atoms with Crippen molar-refractivity contribution in [1.29, 1.82) is 0 Å². The van der Waals surface area contributed by atoms with Crippen molar-refractivity contribution < 1.29 is 22.7 Å². The van der Waals surface area contributed by atoms with Crippen molar-refractivity contribution in [3.8, 4) is 11.5 Å². The van der Waals surface area contributed by atoms with Crippen LogP contribution in [0.15, 0.2) is 36.4 Å². The summed E-state index contributed by atoms with van der Waals surface area (Å²) in [4.78, 5) is 12.4. The number of nitrogens with zero attached hydrogens (tertiary/aromatic N) is 1. The van der Waals surface area contributed by atoms with Crippen molar-refractivity contribution in [3.63, 3.8) is 0 Å². The van der Waals surface area contributed by atoms with Gasteiger partial charge in [-0.25, -0.2) is 8.42 Å². The first-order chi connectivity index (χ1) is 12.7. The maximum absolute atomic E-state index is 12.4. The number of hydrogen-bond acceptors (Lipinski definition) is 5. The molecule has 0 bridgehead atoms. The Kier molecular flexibility index (Phi) is 6.56. The Morgan fingerprint density at radius 1 is 1.11 bits per heavy atom. The highest BCUT2D eigenvalue weighted by molar-refractivity contribution is 7.92. The van der Waals surface area contributed by atoms with Gasteiger partial charge >= 0.3 is 0 Å². The lowest BCUT2D eigenvalue weighted by Gasteiger charge is -2.23. The number of halogens is 1. The minimum absolute atomic E-state index is 0.284. The van der Waals surface area contributed by atoms with Gasteiger partial charge in [0.25, 0.3) is 0 Å². The van der Waals surface area contributed by atoms with E-state index in [0.29, 0.717) is 22.2 Å². The zero-order chi connectivity index (χ0) is 20.2. The highest BCUT2D eigenvalue weighted by Crippen LogP contribution is 2.32. The van der Waals surface area contributed by atoms with Crippen LogP contribution in [0.1, 0.15) is 5.56 Å². The van der Waals surface area contributed by atoms with E-state index in [0.717, 1.165) is 16.1 Å². The van der Waals surface area contributed by atoms with E-state index in [1.54, 1.807) is 30.3 Å². The molecule has 1 N–H and O–H groups in total. The number of rotatable bonds is 7. The van der Waals surface area contributed by atoms with E-state index >= 15 is 0 Å². The molecule has 0 aliphatic heterocycles. The van der Waals surface area contributed by atoms with Gasteiger partial charge in [0.15, 0.2) is 11.5 Å². The van der Waals surface area contributed by atoms with Gasteiger partial charge in [0.1, 0.15) is 6.54 Å². The van der Waals surface area contributed by atoms with Gasteiger partial charge in [-0.05, 0) is 36.8 Å². The van der Waals surface area contributed by atoms with Gasteiger partial charge in [-0.1, -0.05) is 17.7 Å². The van der Waals surface area contributed by atoms with Crippen LogP contribution in [-0.4, -0.2) is 41.3 Å². The van der Waals surface area contributed by atoms with Gasteiger partial charge in [-0.15, -0.1) is 0 Å². The van der Waals surface area contributed by atoms with Crippen molar-refractivity contribution in [2.24, 2.45) is 0 Å². The summed E-state index contributed by atoms with van der Waals surface area (Å²) >= 11 is 6.05. The Balaban J connectivity index is 2.27. The molecule has 0 fully saturated rings. The molecule has 2 aromatic rings. The summed E-state index contributed by atoms with van der Waals surface area (Å²) in [5.74, 6) is 0.304. The molecule has 0 aliphatic rings. The largest absolute Gasteiger partial charge is 0.493 e. The van der Waals surface area contributed by atoms with Gasteiger partial charge in [-0.3, -0.25) is 9.10 Å². The van der Waals surface area contributed by atoms with E-state index in [4.69, 9.17) is 21.1 Å². The summed E-state index contributed by atoms with van der Waals surface area (Å²) < 4.78 is 35.8. The van der Waals surface area contributed by atoms with Crippen LogP contribution in [0.4, 0.5) is 11.4 Å². The zero-order valence-corrected chi connectivity index (χ0v) is 17.0. The predicted molar refractivity (Wildman–Crippen MR) is 107 cm³/mol. The van der Waals surface area contributed by atoms with Crippen molar-refractivity contribution in [3.05, 3.63) is 47.0 Å². The third-order valence-corrected chi connectivity index (χ3v) is 5.35. The van der Waals surface area contributed by atoms with Crippen LogP contribution < -0.4 is 19.1 Å². The van der Waals surface area contributed by atoms with E-state index < -0.39 is 22.5 Å². The first-order valence-corrected chi connectivity index (χ1v) is 10.1. The Labute approximate surface area is 163 Å². The third-order valence-electron chi connectivity index (χ3n) is 3.80. The van der Waals surface area contributed by atoms with Crippen LogP contribution in [0, 0.1) is 6.92 Å². The van der Waals surface area contributed by atoms with Crippen molar-refractivity contribution >= 4 is 38.9 Å². The molecule has 9 heteroatoms. The van der Waals surface area contributed by atoms with Crippen LogP contribution in [0.25, 0.3) is 0 Å². The number of ether oxygens (including phenoxy) is 2. The topological polar surface area (TPSA) is 84.9 Å². The van der Waals surface area contributed by atoms with Crippen LogP contribution in [0.2, 0.25) is 5.02 Å². The number of methoxy groups -OCH3 is 2. The standard InChI is InChI=1S/C18H21ClN2O5S/c1-12-5-6-13(9-15(12)19)20-18(22)11-21(27(4,23)24)14-7-8-16(25-2)17(10-14)26-3/h5-10H,11H2,1-4H3,(H,20,22). The van der Waals surface area contributed by atoms with Gasteiger partial charge in [-0.2, -0.15) is 0 Å². The molecule has 2 rings (SSSR count). The smallest absolute Gasteiger partial charge is 0.245 e. The summed E-state index contributed by atoms with van der Waals surface area (Å²) in [6.07, 6.45) is 1.03. The van der Waals surface area contributed by atoms with Gasteiger partial charge in [0.05, 0.1) is 26.2 Å². The fourth-order valence-corrected chi connectivity index (χ4v) is 3.41. The van der Waals surface area contributed by atoms with E-state index in [-0.39, 0.29) is 5.69 Å². The monoisotopic (exact) mass is 412 g/mol. The van der Waals surface area contributed by atoms with Crippen molar-refractivity contribution in [2.75, 3.05) is 36.6 Å². The maximum atomic E-state index is 12.4. The second-order valence-electron chi connectivity index (χ2n) is 5.82. The second kappa shape index (κ2) is 8.49. The molecule has 0 spiro atoms. The van der Waals surface area contributed by atoms with Gasteiger partial charge in [0, 0.05) is 16.8 Å². The first kappa shape index (κ1) is 20.9. The van der Waals surface area contributed by atoms with Gasteiger partial charge in [0.2, 0.25) is 15.9 Å². The highest BCUT2D eigenvalue weighted by Gasteiger charge is 2.22. The lowest BCUT2D eigenvalue weighted by Crippen LogP contribution is -2.37. The minimum Gasteiger partial charge on any atom is -0.493 e. The molecule has 7 nitrogen and oxygen atoms in total. The average molecular weight is 413 g/mol. The van der Waals surface area contributed by atoms with E-state index in [9.17, 15) is 13.2 Å². The summed E-state index contributed by atoms with van der Waals surface area (Å²) in [7, 11) is -0.792. The Morgan fingerprint density at radius 2 is 1.78 bits per heavy atom. The van der Waals surface area contributed by atoms with E-state index in [1.807, 2.05) is 6.92 Å². The van der Waals surface area contributed by atoms with Crippen LogP contribution in [0.3, 0.4) is 0 Å². The number of benzene rings is 2. The van der Waals surface area contributed by atoms with E-state index in [2.05, 4.69) is 5.32 Å². The molecular formula is C18H21ClN2O5S. The highest BCUT2D eigenvalue weighted by atomic mass is 35.5. The fraction of sp³-hybridized carbons (Fsp3) is 0.278. The average Bonchev–Trinajstić information content (AvgIpc) is 2.61.